The van der Waals surface area contributed by atoms with E-state index in [1.54, 1.807) is 0 Å². The molecule has 3 aromatic rings. The van der Waals surface area contributed by atoms with E-state index in [4.69, 9.17) is 11.6 Å². The van der Waals surface area contributed by atoms with Gasteiger partial charge in [0.05, 0.1) is 30.3 Å². The molecule has 140 valence electrons. The Morgan fingerprint density at radius 2 is 1.82 bits per heavy atom. The first kappa shape index (κ1) is 18.5. The largest absolute Gasteiger partial charge is 0.282 e. The molecule has 1 aliphatic rings. The van der Waals surface area contributed by atoms with Crippen LogP contribution in [0.3, 0.4) is 0 Å². The van der Waals surface area contributed by atoms with Crippen LogP contribution in [-0.2, 0) is 0 Å². The molecule has 0 radical (unpaired) electrons. The van der Waals surface area contributed by atoms with Crippen molar-refractivity contribution in [3.8, 4) is 6.07 Å². The second-order valence-corrected chi connectivity index (χ2v) is 7.82. The van der Waals surface area contributed by atoms with E-state index >= 15 is 0 Å². The van der Waals surface area contributed by atoms with Crippen molar-refractivity contribution in [1.29, 1.82) is 5.26 Å². The third kappa shape index (κ3) is 3.88. The zero-order valence-corrected chi connectivity index (χ0v) is 16.8. The van der Waals surface area contributed by atoms with Crippen LogP contribution in [0.25, 0.3) is 22.6 Å². The molecule has 2 aromatic carbocycles. The molecule has 1 saturated heterocycles. The predicted molar refractivity (Wildman–Crippen MR) is 116 cm³/mol. The number of nitriles is 1. The topological polar surface area (TPSA) is 41.2 Å². The summed E-state index contributed by atoms with van der Waals surface area (Å²) in [5.74, 6) is 1.10. The van der Waals surface area contributed by atoms with E-state index in [-0.39, 0.29) is 0 Å². The fourth-order valence-corrected chi connectivity index (χ4v) is 3.92. The third-order valence-corrected chi connectivity index (χ3v) is 5.55. The van der Waals surface area contributed by atoms with E-state index in [2.05, 4.69) is 47.1 Å². The Hall–Kier alpha value is -2.83. The van der Waals surface area contributed by atoms with Crippen LogP contribution in [0.5, 0.6) is 0 Å². The van der Waals surface area contributed by atoms with Crippen LogP contribution in [0.4, 0.5) is 5.82 Å². The maximum absolute atomic E-state index is 9.79. The van der Waals surface area contributed by atoms with Crippen molar-refractivity contribution in [2.45, 2.75) is 26.2 Å². The minimum absolute atomic E-state index is 0.634. The minimum atomic E-state index is 0.634. The Morgan fingerprint density at radius 1 is 1.07 bits per heavy atom. The Kier molecular flexibility index (Phi) is 5.32. The minimum Gasteiger partial charge on any atom is -0.261 e. The first-order valence-electron chi connectivity index (χ1n) is 9.73. The number of fused-ring (bicyclic) bond motifs is 1. The summed E-state index contributed by atoms with van der Waals surface area (Å²) < 4.78 is 0. The highest BCUT2D eigenvalue weighted by Gasteiger charge is 2.23. The predicted octanol–water partition coefficient (Wildman–Crippen LogP) is 5.67. The second-order valence-electron chi connectivity index (χ2n) is 7.39. The molecule has 3 nitrogen and oxygen atoms in total. The van der Waals surface area contributed by atoms with E-state index in [0.717, 1.165) is 40.9 Å². The Morgan fingerprint density at radius 3 is 2.54 bits per heavy atom. The quantitative estimate of drug-likeness (QED) is 0.542. The molecule has 2 heterocycles. The van der Waals surface area contributed by atoms with Crippen LogP contribution in [0, 0.1) is 18.3 Å². The van der Waals surface area contributed by atoms with Crippen molar-refractivity contribution in [3.63, 3.8) is 0 Å². The summed E-state index contributed by atoms with van der Waals surface area (Å²) >= 11 is 6.01. The Labute approximate surface area is 170 Å². The standard InChI is InChI=1S/C24H22ClN3/c1-17-5-6-19-14-20(15-21(16-26)18-7-9-22(25)10-8-18)24(27-23(19)13-17)28-11-3-2-4-12-28/h5-10,13-15H,2-4,11-12H2,1H3/p+1/b21-15+. The number of hydrogen-bond donors (Lipinski definition) is 0. The molecule has 0 spiro atoms. The van der Waals surface area contributed by atoms with Gasteiger partial charge in [0.1, 0.15) is 5.52 Å². The average molecular weight is 389 g/mol. The number of H-pyrrole nitrogens is 1. The van der Waals surface area contributed by atoms with Crippen molar-refractivity contribution in [3.05, 3.63) is 70.2 Å². The third-order valence-electron chi connectivity index (χ3n) is 5.29. The number of pyridine rings is 1. The molecule has 1 N–H and O–H groups in total. The number of benzene rings is 2. The molecule has 4 rings (SSSR count). The molecule has 0 saturated carbocycles. The van der Waals surface area contributed by atoms with Gasteiger partial charge in [-0.2, -0.15) is 5.26 Å². The van der Waals surface area contributed by atoms with Gasteiger partial charge in [-0.05, 0) is 67.7 Å². The summed E-state index contributed by atoms with van der Waals surface area (Å²) in [7, 11) is 0. The number of piperidine rings is 1. The molecule has 0 unspecified atom stereocenters. The van der Waals surface area contributed by atoms with E-state index in [0.29, 0.717) is 10.6 Å². The highest BCUT2D eigenvalue weighted by molar-refractivity contribution is 6.30. The van der Waals surface area contributed by atoms with Gasteiger partial charge in [0.25, 0.3) is 5.82 Å². The van der Waals surface area contributed by atoms with Gasteiger partial charge in [-0.25, -0.2) is 4.98 Å². The van der Waals surface area contributed by atoms with Crippen molar-refractivity contribution >= 4 is 40.0 Å². The van der Waals surface area contributed by atoms with Gasteiger partial charge in [0.2, 0.25) is 0 Å². The van der Waals surface area contributed by atoms with Crippen LogP contribution < -0.4 is 9.88 Å². The van der Waals surface area contributed by atoms with Crippen LogP contribution in [0.1, 0.15) is 36.0 Å². The van der Waals surface area contributed by atoms with Crippen LogP contribution in [0.15, 0.2) is 48.5 Å². The number of nitrogens with zero attached hydrogens (tertiary/aromatic N) is 2. The molecule has 1 fully saturated rings. The molecule has 1 aromatic heterocycles. The molecular formula is C24H23ClN3+. The summed E-state index contributed by atoms with van der Waals surface area (Å²) in [4.78, 5) is 6.06. The number of halogens is 1. The lowest BCUT2D eigenvalue weighted by molar-refractivity contribution is -0.331. The number of rotatable bonds is 3. The molecular weight excluding hydrogens is 366 g/mol. The molecule has 1 aliphatic heterocycles. The number of allylic oxidation sites excluding steroid dienone is 1. The number of nitrogens with one attached hydrogen (secondary N) is 1. The highest BCUT2D eigenvalue weighted by atomic mass is 35.5. The maximum Gasteiger partial charge on any atom is 0.282 e. The van der Waals surface area contributed by atoms with Gasteiger partial charge in [-0.15, -0.1) is 0 Å². The van der Waals surface area contributed by atoms with E-state index in [9.17, 15) is 5.26 Å². The molecule has 28 heavy (non-hydrogen) atoms. The highest BCUT2D eigenvalue weighted by Crippen LogP contribution is 2.28. The summed E-state index contributed by atoms with van der Waals surface area (Å²) in [6, 6.07) is 18.4. The number of hydrogen-bond acceptors (Lipinski definition) is 2. The Balaban J connectivity index is 1.86. The fraction of sp³-hybridized carbons (Fsp3) is 0.250. The zero-order chi connectivity index (χ0) is 19.5. The van der Waals surface area contributed by atoms with Crippen LogP contribution in [0.2, 0.25) is 5.02 Å². The first-order chi connectivity index (χ1) is 13.6. The van der Waals surface area contributed by atoms with Gasteiger partial charge < -0.3 is 0 Å². The lowest BCUT2D eigenvalue weighted by Crippen LogP contribution is -2.34. The summed E-state index contributed by atoms with van der Waals surface area (Å²) in [5, 5.41) is 11.6. The molecule has 0 amide bonds. The normalized spacial score (nSPS) is 14.9. The SMILES string of the molecule is Cc1ccc2cc(/C=C(\C#N)c3ccc(Cl)cc3)c(N3CCCCC3)[nH+]c2c1. The lowest BCUT2D eigenvalue weighted by atomic mass is 10.0. The first-order valence-corrected chi connectivity index (χ1v) is 10.1. The summed E-state index contributed by atoms with van der Waals surface area (Å²) in [6.07, 6.45) is 5.67. The summed E-state index contributed by atoms with van der Waals surface area (Å²) in [6.45, 7) is 4.19. The van der Waals surface area contributed by atoms with E-state index in [1.165, 1.54) is 24.8 Å². The van der Waals surface area contributed by atoms with Gasteiger partial charge >= 0.3 is 0 Å². The van der Waals surface area contributed by atoms with Gasteiger partial charge in [-0.1, -0.05) is 35.9 Å². The van der Waals surface area contributed by atoms with Crippen molar-refractivity contribution in [1.82, 2.24) is 0 Å². The number of aromatic amines is 1. The second kappa shape index (κ2) is 8.04. The zero-order valence-electron chi connectivity index (χ0n) is 16.0. The molecule has 0 bridgehead atoms. The molecule has 0 atom stereocenters. The summed E-state index contributed by atoms with van der Waals surface area (Å²) in [5.41, 5.74) is 4.92. The average Bonchev–Trinajstić information content (AvgIpc) is 2.73. The number of anilines is 1. The van der Waals surface area contributed by atoms with Gasteiger partial charge in [0.15, 0.2) is 0 Å². The van der Waals surface area contributed by atoms with Crippen LogP contribution in [-0.4, -0.2) is 13.1 Å². The van der Waals surface area contributed by atoms with Crippen molar-refractivity contribution in [2.24, 2.45) is 0 Å². The van der Waals surface area contributed by atoms with Gasteiger partial charge in [-0.3, -0.25) is 4.90 Å². The van der Waals surface area contributed by atoms with E-state index in [1.807, 2.05) is 30.3 Å². The number of aromatic nitrogens is 1. The van der Waals surface area contributed by atoms with Gasteiger partial charge in [0, 0.05) is 10.4 Å². The van der Waals surface area contributed by atoms with Crippen molar-refractivity contribution < 1.29 is 4.98 Å². The lowest BCUT2D eigenvalue weighted by Gasteiger charge is -2.22. The fourth-order valence-electron chi connectivity index (χ4n) is 3.79. The number of aryl methyl sites for hydroxylation is 1. The maximum atomic E-state index is 9.79. The monoisotopic (exact) mass is 388 g/mol. The Bertz CT molecular complexity index is 1070. The van der Waals surface area contributed by atoms with Crippen molar-refractivity contribution in [2.75, 3.05) is 18.0 Å². The molecule has 4 heteroatoms. The smallest absolute Gasteiger partial charge is 0.261 e. The molecule has 0 aliphatic carbocycles. The van der Waals surface area contributed by atoms with Crippen LogP contribution >= 0.6 is 11.6 Å². The van der Waals surface area contributed by atoms with E-state index < -0.39 is 0 Å².